The lowest BCUT2D eigenvalue weighted by Gasteiger charge is -2.35. The van der Waals surface area contributed by atoms with Crippen LogP contribution in [0, 0.1) is 6.92 Å². The molecule has 2 aromatic carbocycles. The van der Waals surface area contributed by atoms with Crippen LogP contribution in [0.3, 0.4) is 0 Å². The van der Waals surface area contributed by atoms with Crippen LogP contribution in [0.2, 0.25) is 0 Å². The Balaban J connectivity index is 2.00. The maximum atomic E-state index is 13.2. The topological polar surface area (TPSA) is 86.8 Å². The maximum absolute atomic E-state index is 13.2. The number of carbonyl (C=O) groups excluding carboxylic acids is 2. The molecular formula is C19H21N3O4S. The second kappa shape index (κ2) is 7.03. The van der Waals surface area contributed by atoms with Crippen molar-refractivity contribution in [3.8, 4) is 0 Å². The molecule has 0 aliphatic carbocycles. The van der Waals surface area contributed by atoms with Gasteiger partial charge in [-0.25, -0.2) is 8.42 Å². The third-order valence-corrected chi connectivity index (χ3v) is 5.63. The van der Waals surface area contributed by atoms with E-state index in [0.29, 0.717) is 17.1 Å². The molecule has 7 nitrogen and oxygen atoms in total. The predicted octanol–water partition coefficient (Wildman–Crippen LogP) is 2.13. The number of rotatable bonds is 4. The van der Waals surface area contributed by atoms with E-state index in [0.717, 1.165) is 16.1 Å². The number of nitrogens with zero attached hydrogens (tertiary/aromatic N) is 2. The summed E-state index contributed by atoms with van der Waals surface area (Å²) in [5, 5.41) is 2.72. The smallest absolute Gasteiger partial charge is 0.251 e. The van der Waals surface area contributed by atoms with Crippen LogP contribution in [0.1, 0.15) is 12.5 Å². The summed E-state index contributed by atoms with van der Waals surface area (Å²) < 4.78 is 25.9. The van der Waals surface area contributed by atoms with Gasteiger partial charge in [0.2, 0.25) is 15.9 Å². The second-order valence-electron chi connectivity index (χ2n) is 6.56. The first-order valence-electron chi connectivity index (χ1n) is 8.45. The minimum atomic E-state index is -3.72. The highest BCUT2D eigenvalue weighted by Gasteiger charge is 2.35. The molecule has 1 aliphatic heterocycles. The Kier molecular flexibility index (Phi) is 4.93. The molecule has 0 bridgehead atoms. The van der Waals surface area contributed by atoms with E-state index in [-0.39, 0.29) is 12.5 Å². The lowest BCUT2D eigenvalue weighted by atomic mass is 10.1. The van der Waals surface area contributed by atoms with Gasteiger partial charge in [-0.05, 0) is 38.1 Å². The molecule has 0 spiro atoms. The number of anilines is 3. The van der Waals surface area contributed by atoms with Gasteiger partial charge in [0.05, 0.1) is 23.3 Å². The Morgan fingerprint density at radius 3 is 2.41 bits per heavy atom. The van der Waals surface area contributed by atoms with E-state index in [1.807, 2.05) is 6.92 Å². The summed E-state index contributed by atoms with van der Waals surface area (Å²) in [5.74, 6) is -0.793. The van der Waals surface area contributed by atoms with Gasteiger partial charge in [-0.15, -0.1) is 0 Å². The van der Waals surface area contributed by atoms with Crippen molar-refractivity contribution >= 4 is 38.9 Å². The number of hydrogen-bond donors (Lipinski definition) is 1. The zero-order chi connectivity index (χ0) is 19.8. The minimum absolute atomic E-state index is 0.161. The van der Waals surface area contributed by atoms with Crippen LogP contribution in [0.4, 0.5) is 17.1 Å². The summed E-state index contributed by atoms with van der Waals surface area (Å²) in [6, 6.07) is 12.8. The van der Waals surface area contributed by atoms with E-state index in [1.54, 1.807) is 48.5 Å². The summed E-state index contributed by atoms with van der Waals surface area (Å²) in [5.41, 5.74) is 2.45. The predicted molar refractivity (Wildman–Crippen MR) is 105 cm³/mol. The molecule has 8 heteroatoms. The highest BCUT2D eigenvalue weighted by Crippen LogP contribution is 2.31. The fraction of sp³-hybridized carbons (Fsp3) is 0.263. The third kappa shape index (κ3) is 3.80. The maximum Gasteiger partial charge on any atom is 0.251 e. The largest absolute Gasteiger partial charge is 0.323 e. The van der Waals surface area contributed by atoms with Crippen molar-refractivity contribution in [2.75, 3.05) is 27.3 Å². The Morgan fingerprint density at radius 2 is 1.78 bits per heavy atom. The first-order valence-corrected chi connectivity index (χ1v) is 10.3. The summed E-state index contributed by atoms with van der Waals surface area (Å²) >= 11 is 0. The van der Waals surface area contributed by atoms with Gasteiger partial charge in [0.15, 0.2) is 0 Å². The summed E-state index contributed by atoms with van der Waals surface area (Å²) in [4.78, 5) is 26.5. The lowest BCUT2D eigenvalue weighted by molar-refractivity contribution is -0.122. The van der Waals surface area contributed by atoms with E-state index < -0.39 is 22.0 Å². The molecule has 0 aromatic heterocycles. The number of amides is 2. The molecule has 1 aliphatic rings. The standard InChI is InChI=1S/C19H21N3O4S/c1-13-8-10-15(11-9-13)22(27(3,25)26)14(2)19(24)21-12-18(23)20-16-6-4-5-7-17(16)21/h4-11,14H,12H2,1-3H3,(H,20,23)/t14-/m0/s1. The van der Waals surface area contributed by atoms with Gasteiger partial charge in [0.1, 0.15) is 12.6 Å². The monoisotopic (exact) mass is 387 g/mol. The number of fused-ring (bicyclic) bond motifs is 1. The van der Waals surface area contributed by atoms with Crippen molar-refractivity contribution in [2.24, 2.45) is 0 Å². The van der Waals surface area contributed by atoms with Crippen molar-refractivity contribution in [3.63, 3.8) is 0 Å². The number of hydrogen-bond acceptors (Lipinski definition) is 4. The van der Waals surface area contributed by atoms with Crippen LogP contribution in [0.25, 0.3) is 0 Å². The normalized spacial score (nSPS) is 14.9. The van der Waals surface area contributed by atoms with Gasteiger partial charge in [-0.1, -0.05) is 29.8 Å². The molecule has 1 heterocycles. The average Bonchev–Trinajstić information content (AvgIpc) is 2.61. The highest BCUT2D eigenvalue weighted by molar-refractivity contribution is 7.92. The fourth-order valence-corrected chi connectivity index (χ4v) is 4.32. The van der Waals surface area contributed by atoms with Gasteiger partial charge in [0.25, 0.3) is 5.91 Å². The molecule has 0 saturated heterocycles. The molecule has 1 atom stereocenters. The number of para-hydroxylation sites is 2. The van der Waals surface area contributed by atoms with E-state index in [1.165, 1.54) is 11.8 Å². The molecule has 2 aromatic rings. The third-order valence-electron chi connectivity index (χ3n) is 4.39. The summed E-state index contributed by atoms with van der Waals surface area (Å²) in [6.45, 7) is 3.26. The molecule has 2 amide bonds. The van der Waals surface area contributed by atoms with Crippen LogP contribution >= 0.6 is 0 Å². The van der Waals surface area contributed by atoms with Gasteiger partial charge in [-0.3, -0.25) is 18.8 Å². The van der Waals surface area contributed by atoms with E-state index in [4.69, 9.17) is 0 Å². The molecule has 1 N–H and O–H groups in total. The first kappa shape index (κ1) is 18.9. The zero-order valence-electron chi connectivity index (χ0n) is 15.3. The second-order valence-corrected chi connectivity index (χ2v) is 8.42. The van der Waals surface area contributed by atoms with Crippen LogP contribution in [-0.2, 0) is 19.6 Å². The number of carbonyl (C=O) groups is 2. The summed E-state index contributed by atoms with van der Waals surface area (Å²) in [6.07, 6.45) is 1.06. The number of benzene rings is 2. The molecule has 3 rings (SSSR count). The molecular weight excluding hydrogens is 366 g/mol. The number of sulfonamides is 1. The van der Waals surface area contributed by atoms with Crippen molar-refractivity contribution < 1.29 is 18.0 Å². The lowest BCUT2D eigenvalue weighted by Crippen LogP contribution is -2.52. The number of nitrogens with one attached hydrogen (secondary N) is 1. The molecule has 142 valence electrons. The molecule has 0 radical (unpaired) electrons. The SMILES string of the molecule is Cc1ccc(N([C@@H](C)C(=O)N2CC(=O)Nc3ccccc32)S(C)(=O)=O)cc1. The molecule has 27 heavy (non-hydrogen) atoms. The molecule has 0 saturated carbocycles. The van der Waals surface area contributed by atoms with Gasteiger partial charge < -0.3 is 5.32 Å². The molecule has 0 unspecified atom stereocenters. The first-order chi connectivity index (χ1) is 12.7. The minimum Gasteiger partial charge on any atom is -0.323 e. The molecule has 0 fully saturated rings. The number of aryl methyl sites for hydroxylation is 1. The van der Waals surface area contributed by atoms with E-state index in [2.05, 4.69) is 5.32 Å². The Morgan fingerprint density at radius 1 is 1.15 bits per heavy atom. The van der Waals surface area contributed by atoms with Crippen molar-refractivity contribution in [1.29, 1.82) is 0 Å². The Hall–Kier alpha value is -2.87. The summed E-state index contributed by atoms with van der Waals surface area (Å²) in [7, 11) is -3.72. The van der Waals surface area contributed by atoms with Crippen LogP contribution < -0.4 is 14.5 Å². The van der Waals surface area contributed by atoms with Gasteiger partial charge in [-0.2, -0.15) is 0 Å². The van der Waals surface area contributed by atoms with Crippen LogP contribution in [0.5, 0.6) is 0 Å². The van der Waals surface area contributed by atoms with Gasteiger partial charge >= 0.3 is 0 Å². The highest BCUT2D eigenvalue weighted by atomic mass is 32.2. The average molecular weight is 387 g/mol. The Labute approximate surface area is 158 Å². The van der Waals surface area contributed by atoms with Gasteiger partial charge in [0, 0.05) is 0 Å². The zero-order valence-corrected chi connectivity index (χ0v) is 16.2. The van der Waals surface area contributed by atoms with Crippen molar-refractivity contribution in [3.05, 3.63) is 54.1 Å². The van der Waals surface area contributed by atoms with Crippen molar-refractivity contribution in [1.82, 2.24) is 0 Å². The van der Waals surface area contributed by atoms with Crippen molar-refractivity contribution in [2.45, 2.75) is 19.9 Å². The van der Waals surface area contributed by atoms with Crippen LogP contribution in [0.15, 0.2) is 48.5 Å². The Bertz CT molecular complexity index is 986. The van der Waals surface area contributed by atoms with Crippen LogP contribution in [-0.4, -0.2) is 39.1 Å². The van der Waals surface area contributed by atoms with E-state index >= 15 is 0 Å². The fourth-order valence-electron chi connectivity index (χ4n) is 3.15. The quantitative estimate of drug-likeness (QED) is 0.871. The van der Waals surface area contributed by atoms with E-state index in [9.17, 15) is 18.0 Å².